The highest BCUT2D eigenvalue weighted by Gasteiger charge is 2.33. The van der Waals surface area contributed by atoms with E-state index in [-0.39, 0.29) is 30.4 Å². The number of carboxylic acids is 1. The van der Waals surface area contributed by atoms with Crippen LogP contribution >= 0.6 is 0 Å². The highest BCUT2D eigenvalue weighted by Crippen LogP contribution is 2.23. The van der Waals surface area contributed by atoms with Crippen LogP contribution in [0.4, 0.5) is 0 Å². The topological polar surface area (TPSA) is 75.6 Å². The second kappa shape index (κ2) is 7.36. The minimum atomic E-state index is -0.788. The Labute approximate surface area is 108 Å². The Hall–Kier alpha value is -1.10. The summed E-state index contributed by atoms with van der Waals surface area (Å²) < 4.78 is 5.49. The lowest BCUT2D eigenvalue weighted by atomic mass is 9.98. The zero-order valence-electron chi connectivity index (χ0n) is 11.1. The van der Waals surface area contributed by atoms with E-state index < -0.39 is 5.97 Å². The van der Waals surface area contributed by atoms with Gasteiger partial charge in [0.1, 0.15) is 0 Å². The second-order valence-electron chi connectivity index (χ2n) is 4.91. The molecule has 3 unspecified atom stereocenters. The van der Waals surface area contributed by atoms with Crippen molar-refractivity contribution >= 4 is 11.9 Å². The summed E-state index contributed by atoms with van der Waals surface area (Å²) in [7, 11) is 0. The van der Waals surface area contributed by atoms with Gasteiger partial charge < -0.3 is 15.2 Å². The molecule has 0 aromatic carbocycles. The first-order chi connectivity index (χ1) is 8.54. The summed E-state index contributed by atoms with van der Waals surface area (Å²) in [4.78, 5) is 22.4. The van der Waals surface area contributed by atoms with Gasteiger partial charge in [-0.05, 0) is 32.6 Å². The van der Waals surface area contributed by atoms with Crippen molar-refractivity contribution in [2.24, 2.45) is 5.92 Å². The van der Waals surface area contributed by atoms with E-state index in [0.29, 0.717) is 19.4 Å². The van der Waals surface area contributed by atoms with E-state index in [9.17, 15) is 9.59 Å². The molecule has 18 heavy (non-hydrogen) atoms. The predicted molar refractivity (Wildman–Crippen MR) is 67.2 cm³/mol. The van der Waals surface area contributed by atoms with Gasteiger partial charge in [-0.25, -0.2) is 0 Å². The van der Waals surface area contributed by atoms with Crippen molar-refractivity contribution in [3.63, 3.8) is 0 Å². The van der Waals surface area contributed by atoms with Crippen molar-refractivity contribution in [3.8, 4) is 0 Å². The molecule has 0 radical (unpaired) electrons. The molecule has 0 aliphatic carbocycles. The molecule has 1 fully saturated rings. The molecule has 1 amide bonds. The maximum atomic E-state index is 12.0. The van der Waals surface area contributed by atoms with Crippen LogP contribution in [0.2, 0.25) is 0 Å². The van der Waals surface area contributed by atoms with Crippen molar-refractivity contribution in [2.45, 2.75) is 58.1 Å². The van der Waals surface area contributed by atoms with Gasteiger partial charge in [0, 0.05) is 19.1 Å². The zero-order chi connectivity index (χ0) is 13.5. The molecule has 1 saturated heterocycles. The van der Waals surface area contributed by atoms with Gasteiger partial charge in [0.05, 0.1) is 12.0 Å². The van der Waals surface area contributed by atoms with Gasteiger partial charge in [-0.1, -0.05) is 6.92 Å². The highest BCUT2D eigenvalue weighted by molar-refractivity contribution is 5.79. The summed E-state index contributed by atoms with van der Waals surface area (Å²) in [6, 6.07) is 0.0231. The summed E-state index contributed by atoms with van der Waals surface area (Å²) in [5.74, 6) is -0.789. The monoisotopic (exact) mass is 257 g/mol. The van der Waals surface area contributed by atoms with Crippen LogP contribution in [0.25, 0.3) is 0 Å². The lowest BCUT2D eigenvalue weighted by Crippen LogP contribution is -2.40. The Morgan fingerprint density at radius 3 is 2.83 bits per heavy atom. The summed E-state index contributed by atoms with van der Waals surface area (Å²) >= 11 is 0. The number of nitrogens with one attached hydrogen (secondary N) is 1. The third kappa shape index (κ3) is 4.64. The molecule has 0 saturated carbocycles. The quantitative estimate of drug-likeness (QED) is 0.725. The Balaban J connectivity index is 2.28. The standard InChI is InChI=1S/C13H23NO4/c1-3-11-10(7-8-18-11)13(17)14-9(2)5-4-6-12(15)16/h9-11H,3-8H2,1-2H3,(H,14,17)(H,15,16). The molecule has 1 rings (SSSR count). The first kappa shape index (κ1) is 15.0. The average molecular weight is 257 g/mol. The first-order valence-electron chi connectivity index (χ1n) is 6.68. The van der Waals surface area contributed by atoms with Crippen molar-refractivity contribution in [2.75, 3.05) is 6.61 Å². The number of amides is 1. The molecule has 5 nitrogen and oxygen atoms in total. The predicted octanol–water partition coefficient (Wildman–Crippen LogP) is 1.56. The number of hydrogen-bond acceptors (Lipinski definition) is 3. The van der Waals surface area contributed by atoms with E-state index in [2.05, 4.69) is 5.32 Å². The summed E-state index contributed by atoms with van der Waals surface area (Å²) in [5, 5.41) is 11.5. The second-order valence-corrected chi connectivity index (χ2v) is 4.91. The largest absolute Gasteiger partial charge is 0.481 e. The van der Waals surface area contributed by atoms with E-state index in [4.69, 9.17) is 9.84 Å². The van der Waals surface area contributed by atoms with Gasteiger partial charge in [0.25, 0.3) is 0 Å². The lowest BCUT2D eigenvalue weighted by molar-refractivity contribution is -0.137. The van der Waals surface area contributed by atoms with Gasteiger partial charge in [-0.3, -0.25) is 9.59 Å². The summed E-state index contributed by atoms with van der Waals surface area (Å²) in [6.45, 7) is 4.59. The fourth-order valence-electron chi connectivity index (χ4n) is 2.33. The van der Waals surface area contributed by atoms with Crippen molar-refractivity contribution in [1.82, 2.24) is 5.32 Å². The Kier molecular flexibility index (Phi) is 6.12. The average Bonchev–Trinajstić information content (AvgIpc) is 2.76. The van der Waals surface area contributed by atoms with Crippen LogP contribution in [-0.2, 0) is 14.3 Å². The van der Waals surface area contributed by atoms with Crippen LogP contribution in [0.15, 0.2) is 0 Å². The molecule has 0 spiro atoms. The number of carboxylic acid groups (broad SMARTS) is 1. The molecule has 104 valence electrons. The van der Waals surface area contributed by atoms with Crippen molar-refractivity contribution < 1.29 is 19.4 Å². The molecule has 1 aliphatic rings. The number of carbonyl (C=O) groups excluding carboxylic acids is 1. The molecular weight excluding hydrogens is 234 g/mol. The van der Waals surface area contributed by atoms with E-state index in [1.807, 2.05) is 13.8 Å². The zero-order valence-corrected chi connectivity index (χ0v) is 11.1. The van der Waals surface area contributed by atoms with Crippen LogP contribution in [0, 0.1) is 5.92 Å². The van der Waals surface area contributed by atoms with Crippen LogP contribution < -0.4 is 5.32 Å². The summed E-state index contributed by atoms with van der Waals surface area (Å²) in [6.07, 6.45) is 3.12. The smallest absolute Gasteiger partial charge is 0.303 e. The molecule has 0 aromatic rings. The summed E-state index contributed by atoms with van der Waals surface area (Å²) in [5.41, 5.74) is 0. The van der Waals surface area contributed by atoms with E-state index >= 15 is 0 Å². The van der Waals surface area contributed by atoms with Gasteiger partial charge in [-0.15, -0.1) is 0 Å². The highest BCUT2D eigenvalue weighted by atomic mass is 16.5. The van der Waals surface area contributed by atoms with Crippen molar-refractivity contribution in [3.05, 3.63) is 0 Å². The molecular formula is C13H23NO4. The van der Waals surface area contributed by atoms with Crippen molar-refractivity contribution in [1.29, 1.82) is 0 Å². The molecule has 0 bridgehead atoms. The maximum absolute atomic E-state index is 12.0. The molecule has 2 N–H and O–H groups in total. The van der Waals surface area contributed by atoms with Gasteiger partial charge in [0.15, 0.2) is 0 Å². The lowest BCUT2D eigenvalue weighted by Gasteiger charge is -2.20. The van der Waals surface area contributed by atoms with Crippen LogP contribution in [-0.4, -0.2) is 35.7 Å². The third-order valence-electron chi connectivity index (χ3n) is 3.37. The first-order valence-corrected chi connectivity index (χ1v) is 6.68. The maximum Gasteiger partial charge on any atom is 0.303 e. The minimum Gasteiger partial charge on any atom is -0.481 e. The molecule has 1 heterocycles. The SMILES string of the molecule is CCC1OCCC1C(=O)NC(C)CCCC(=O)O. The fourth-order valence-corrected chi connectivity index (χ4v) is 2.33. The van der Waals surface area contributed by atoms with E-state index in [1.54, 1.807) is 0 Å². The van der Waals surface area contributed by atoms with Crippen LogP contribution in [0.1, 0.15) is 46.0 Å². The van der Waals surface area contributed by atoms with E-state index in [1.165, 1.54) is 0 Å². The minimum absolute atomic E-state index is 0.0231. The Morgan fingerprint density at radius 2 is 2.22 bits per heavy atom. The molecule has 0 aromatic heterocycles. The number of ether oxygens (including phenoxy) is 1. The number of carbonyl (C=O) groups is 2. The van der Waals surface area contributed by atoms with Gasteiger partial charge in [0.2, 0.25) is 5.91 Å². The number of aliphatic carboxylic acids is 1. The van der Waals surface area contributed by atoms with Gasteiger partial charge >= 0.3 is 5.97 Å². The number of hydrogen-bond donors (Lipinski definition) is 2. The van der Waals surface area contributed by atoms with Gasteiger partial charge in [-0.2, -0.15) is 0 Å². The normalized spacial score (nSPS) is 24.8. The molecule has 3 atom stereocenters. The molecule has 5 heteroatoms. The Morgan fingerprint density at radius 1 is 1.50 bits per heavy atom. The van der Waals surface area contributed by atoms with E-state index in [0.717, 1.165) is 12.8 Å². The third-order valence-corrected chi connectivity index (χ3v) is 3.37. The van der Waals surface area contributed by atoms with Crippen LogP contribution in [0.3, 0.4) is 0 Å². The Bertz CT molecular complexity index is 293. The fraction of sp³-hybridized carbons (Fsp3) is 0.846. The van der Waals surface area contributed by atoms with Crippen LogP contribution in [0.5, 0.6) is 0 Å². The molecule has 1 aliphatic heterocycles. The number of rotatable bonds is 7.